The molecule has 1 aliphatic heterocycles. The highest BCUT2D eigenvalue weighted by molar-refractivity contribution is 8.14. The molecule has 36 heavy (non-hydrogen) atoms. The molecule has 2 N–H and O–H groups in total. The number of hydrogen-bond acceptors (Lipinski definition) is 7. The first-order chi connectivity index (χ1) is 17.2. The van der Waals surface area contributed by atoms with Gasteiger partial charge in [-0.15, -0.1) is 0 Å². The van der Waals surface area contributed by atoms with Crippen molar-refractivity contribution in [2.45, 2.75) is 58.7 Å². The number of carbonyl (C=O) groups excluding carboxylic acids is 2. The van der Waals surface area contributed by atoms with Gasteiger partial charge in [-0.05, 0) is 76.3 Å². The molecule has 8 heteroatoms. The fourth-order valence-corrected chi connectivity index (χ4v) is 5.04. The van der Waals surface area contributed by atoms with E-state index in [0.29, 0.717) is 23.0 Å². The Bertz CT molecular complexity index is 1050. The lowest BCUT2D eigenvalue weighted by molar-refractivity contribution is 0.0738. The molecule has 1 saturated heterocycles. The maximum atomic E-state index is 12.9. The minimum atomic E-state index is -0.561. The average molecular weight is 511 g/mol. The lowest BCUT2D eigenvalue weighted by Crippen LogP contribution is -2.51. The zero-order valence-corrected chi connectivity index (χ0v) is 22.6. The van der Waals surface area contributed by atoms with Crippen LogP contribution in [0.15, 0.2) is 48.5 Å². The highest BCUT2D eigenvalue weighted by atomic mass is 32.2. The van der Waals surface area contributed by atoms with Crippen molar-refractivity contribution >= 4 is 34.5 Å². The van der Waals surface area contributed by atoms with Crippen LogP contribution in [0.2, 0.25) is 0 Å². The van der Waals surface area contributed by atoms with Crippen LogP contribution in [0.25, 0.3) is 0 Å². The number of hydrogen-bond donors (Lipinski definition) is 2. The molecule has 2 aromatic carbocycles. The van der Waals surface area contributed by atoms with Crippen LogP contribution in [0.3, 0.4) is 0 Å². The van der Waals surface area contributed by atoms with Crippen molar-refractivity contribution < 1.29 is 14.3 Å². The lowest BCUT2D eigenvalue weighted by Gasteiger charge is -2.40. The quantitative estimate of drug-likeness (QED) is 0.341. The summed E-state index contributed by atoms with van der Waals surface area (Å²) in [7, 11) is 0. The third-order valence-corrected chi connectivity index (χ3v) is 7.04. The maximum absolute atomic E-state index is 12.9. The molecule has 7 nitrogen and oxygen atoms in total. The molecular formula is C28H38N4O3S. The van der Waals surface area contributed by atoms with E-state index in [9.17, 15) is 9.59 Å². The molecule has 2 aromatic rings. The zero-order valence-electron chi connectivity index (χ0n) is 21.8. The number of benzene rings is 2. The van der Waals surface area contributed by atoms with Gasteiger partial charge in [0.25, 0.3) is 5.91 Å². The SMILES string of the molecule is CC1CN(Cc2ccc(C(=O)Nc3ccccc3NSC(=O)OC(C)(C)C)cc2)CCN1CC1CC1. The summed E-state index contributed by atoms with van der Waals surface area (Å²) in [6.07, 6.45) is 2.81. The topological polar surface area (TPSA) is 73.9 Å². The van der Waals surface area contributed by atoms with Gasteiger partial charge in [-0.25, -0.2) is 4.79 Å². The third kappa shape index (κ3) is 7.98. The number of nitrogens with zero attached hydrogens (tertiary/aromatic N) is 2. The van der Waals surface area contributed by atoms with E-state index in [1.807, 2.05) is 63.2 Å². The molecule has 1 saturated carbocycles. The van der Waals surface area contributed by atoms with Crippen molar-refractivity contribution in [1.82, 2.24) is 9.80 Å². The van der Waals surface area contributed by atoms with Gasteiger partial charge >= 0.3 is 5.30 Å². The van der Waals surface area contributed by atoms with Gasteiger partial charge in [0.1, 0.15) is 5.60 Å². The predicted octanol–water partition coefficient (Wildman–Crippen LogP) is 5.85. The van der Waals surface area contributed by atoms with E-state index in [1.54, 1.807) is 6.07 Å². The summed E-state index contributed by atoms with van der Waals surface area (Å²) in [6, 6.07) is 15.7. The first-order valence-corrected chi connectivity index (χ1v) is 13.6. The van der Waals surface area contributed by atoms with Gasteiger partial charge in [0.05, 0.1) is 23.3 Å². The average Bonchev–Trinajstić information content (AvgIpc) is 3.64. The Labute approximate surface area is 219 Å². The highest BCUT2D eigenvalue weighted by Gasteiger charge is 2.30. The Balaban J connectivity index is 1.29. The highest BCUT2D eigenvalue weighted by Crippen LogP contribution is 2.31. The molecule has 1 atom stereocenters. The Hall–Kier alpha value is -2.55. The zero-order chi connectivity index (χ0) is 25.7. The Kier molecular flexibility index (Phi) is 8.59. The van der Waals surface area contributed by atoms with E-state index in [-0.39, 0.29) is 5.91 Å². The molecule has 194 valence electrons. The molecule has 1 unspecified atom stereocenters. The normalized spacial score (nSPS) is 19.1. The van der Waals surface area contributed by atoms with Crippen molar-refractivity contribution in [3.8, 4) is 0 Å². The van der Waals surface area contributed by atoms with Crippen LogP contribution in [0.1, 0.15) is 56.5 Å². The summed E-state index contributed by atoms with van der Waals surface area (Å²) < 4.78 is 8.30. The molecule has 1 heterocycles. The van der Waals surface area contributed by atoms with Gasteiger partial charge in [-0.3, -0.25) is 14.6 Å². The van der Waals surface area contributed by atoms with Crippen molar-refractivity contribution in [3.63, 3.8) is 0 Å². The molecule has 4 rings (SSSR count). The summed E-state index contributed by atoms with van der Waals surface area (Å²) in [4.78, 5) is 30.1. The van der Waals surface area contributed by atoms with E-state index in [0.717, 1.165) is 44.0 Å². The Morgan fingerprint density at radius 1 is 1.03 bits per heavy atom. The van der Waals surface area contributed by atoms with Crippen molar-refractivity contribution in [3.05, 3.63) is 59.7 Å². The van der Waals surface area contributed by atoms with Gasteiger partial charge in [0, 0.05) is 44.3 Å². The number of ether oxygens (including phenoxy) is 1. The monoisotopic (exact) mass is 510 g/mol. The van der Waals surface area contributed by atoms with Gasteiger partial charge in [-0.2, -0.15) is 0 Å². The van der Waals surface area contributed by atoms with E-state index in [2.05, 4.69) is 26.8 Å². The number of anilines is 2. The van der Waals surface area contributed by atoms with E-state index in [4.69, 9.17) is 4.74 Å². The van der Waals surface area contributed by atoms with Crippen LogP contribution in [-0.2, 0) is 11.3 Å². The largest absolute Gasteiger partial charge is 0.451 e. The minimum absolute atomic E-state index is 0.194. The Morgan fingerprint density at radius 2 is 1.72 bits per heavy atom. The predicted molar refractivity (Wildman–Crippen MR) is 147 cm³/mol. The first kappa shape index (κ1) is 26.5. The summed E-state index contributed by atoms with van der Waals surface area (Å²) in [5.41, 5.74) is 2.48. The molecule has 0 spiro atoms. The minimum Gasteiger partial charge on any atom is -0.451 e. The van der Waals surface area contributed by atoms with Crippen LogP contribution in [-0.4, -0.2) is 58.8 Å². The van der Waals surface area contributed by atoms with Crippen molar-refractivity contribution in [2.75, 3.05) is 36.2 Å². The standard InChI is InChI=1S/C28H38N4O3S/c1-20-17-31(15-16-32(20)19-22-9-10-22)18-21-11-13-23(14-12-21)26(33)29-24-7-5-6-8-25(24)30-36-27(34)35-28(2,3)4/h5-8,11-14,20,22,30H,9-10,15-19H2,1-4H3,(H,29,33). The van der Waals surface area contributed by atoms with Crippen LogP contribution in [0.4, 0.5) is 16.2 Å². The molecule has 1 amide bonds. The van der Waals surface area contributed by atoms with Crippen LogP contribution < -0.4 is 10.0 Å². The second-order valence-electron chi connectivity index (χ2n) is 10.9. The third-order valence-electron chi connectivity index (χ3n) is 6.47. The van der Waals surface area contributed by atoms with Crippen LogP contribution >= 0.6 is 11.9 Å². The fourth-order valence-electron chi connectivity index (χ4n) is 4.38. The van der Waals surface area contributed by atoms with Crippen molar-refractivity contribution in [2.24, 2.45) is 5.92 Å². The number of para-hydroxylation sites is 2. The van der Waals surface area contributed by atoms with Crippen molar-refractivity contribution in [1.29, 1.82) is 0 Å². The number of rotatable bonds is 8. The molecule has 2 aliphatic rings. The second kappa shape index (κ2) is 11.7. The number of piperazine rings is 1. The van der Waals surface area contributed by atoms with E-state index >= 15 is 0 Å². The van der Waals surface area contributed by atoms with E-state index < -0.39 is 10.9 Å². The Morgan fingerprint density at radius 3 is 2.36 bits per heavy atom. The molecule has 0 radical (unpaired) electrons. The molecular weight excluding hydrogens is 472 g/mol. The number of carbonyl (C=O) groups is 2. The molecule has 0 aromatic heterocycles. The maximum Gasteiger partial charge on any atom is 0.388 e. The second-order valence-corrected chi connectivity index (χ2v) is 11.6. The first-order valence-electron chi connectivity index (χ1n) is 12.8. The van der Waals surface area contributed by atoms with Gasteiger partial charge in [0.2, 0.25) is 0 Å². The number of nitrogens with one attached hydrogen (secondary N) is 2. The summed E-state index contributed by atoms with van der Waals surface area (Å²) in [6.45, 7) is 13.3. The van der Waals surface area contributed by atoms with Gasteiger partial charge in [0.15, 0.2) is 0 Å². The number of amides is 1. The van der Waals surface area contributed by atoms with Gasteiger partial charge in [-0.1, -0.05) is 24.3 Å². The van der Waals surface area contributed by atoms with Crippen LogP contribution in [0, 0.1) is 5.92 Å². The summed E-state index contributed by atoms with van der Waals surface area (Å²) in [5.74, 6) is 0.740. The molecule has 0 bridgehead atoms. The molecule has 2 fully saturated rings. The molecule has 1 aliphatic carbocycles. The van der Waals surface area contributed by atoms with E-state index in [1.165, 1.54) is 24.9 Å². The van der Waals surface area contributed by atoms with Crippen LogP contribution in [0.5, 0.6) is 0 Å². The smallest absolute Gasteiger partial charge is 0.388 e. The summed E-state index contributed by atoms with van der Waals surface area (Å²) in [5, 5.41) is 2.52. The summed E-state index contributed by atoms with van der Waals surface area (Å²) >= 11 is 0.848. The van der Waals surface area contributed by atoms with Gasteiger partial charge < -0.3 is 14.8 Å². The fraction of sp³-hybridized carbons (Fsp3) is 0.500. The lowest BCUT2D eigenvalue weighted by atomic mass is 10.1.